The van der Waals surface area contributed by atoms with Crippen LogP contribution in [0.25, 0.3) is 0 Å². The lowest BCUT2D eigenvalue weighted by molar-refractivity contribution is -0.157. The molecule has 4 rings (SSSR count). The molecule has 15 nitrogen and oxygen atoms in total. The van der Waals surface area contributed by atoms with Gasteiger partial charge in [-0.15, -0.1) is 40.6 Å². The van der Waals surface area contributed by atoms with Crippen LogP contribution >= 0.6 is 47.3 Å². The molecule has 19 heteroatoms. The first kappa shape index (κ1) is 27.9. The Labute approximate surface area is 222 Å². The van der Waals surface area contributed by atoms with E-state index in [4.69, 9.17) is 15.7 Å². The first-order valence-corrected chi connectivity index (χ1v) is 13.0. The summed E-state index contributed by atoms with van der Waals surface area (Å²) in [5.41, 5.74) is 4.43. The van der Waals surface area contributed by atoms with Crippen LogP contribution in [0.2, 0.25) is 0 Å². The number of nitrogens with one attached hydrogen (secondary N) is 1. The maximum Gasteiger partial charge on any atom is 0.313 e. The van der Waals surface area contributed by atoms with Gasteiger partial charge in [0.2, 0.25) is 11.1 Å². The molecular formula is C17H22ClN9O6S3. The topological polar surface area (TPSA) is 211 Å². The van der Waals surface area contributed by atoms with E-state index in [1.807, 2.05) is 0 Å². The molecule has 2 amide bonds. The Morgan fingerprint density at radius 2 is 2.25 bits per heavy atom. The van der Waals surface area contributed by atoms with E-state index in [2.05, 4.69) is 31.0 Å². The van der Waals surface area contributed by atoms with Crippen LogP contribution in [0.4, 0.5) is 5.13 Å². The quantitative estimate of drug-likeness (QED) is 0.0843. The fraction of sp³-hybridized carbons (Fsp3) is 0.529. The van der Waals surface area contributed by atoms with Crippen molar-refractivity contribution in [2.45, 2.75) is 16.6 Å². The summed E-state index contributed by atoms with van der Waals surface area (Å²) < 4.78 is 1.44. The minimum atomic E-state index is -1.20. The van der Waals surface area contributed by atoms with Crippen LogP contribution in [0.5, 0.6) is 0 Å². The van der Waals surface area contributed by atoms with Crippen molar-refractivity contribution in [1.29, 1.82) is 0 Å². The molecule has 2 aromatic heterocycles. The maximum absolute atomic E-state index is 12.9. The molecule has 0 bridgehead atoms. The smallest absolute Gasteiger partial charge is 0.313 e. The van der Waals surface area contributed by atoms with Crippen molar-refractivity contribution in [3.8, 4) is 0 Å². The van der Waals surface area contributed by atoms with E-state index >= 15 is 0 Å². The molecule has 2 aliphatic heterocycles. The third-order valence-corrected chi connectivity index (χ3v) is 8.82. The van der Waals surface area contributed by atoms with Crippen molar-refractivity contribution >= 4 is 75.9 Å². The van der Waals surface area contributed by atoms with Crippen molar-refractivity contribution in [2.75, 3.05) is 37.0 Å². The summed E-state index contributed by atoms with van der Waals surface area (Å²) in [5, 5.41) is 38.1. The monoisotopic (exact) mass is 579 g/mol. The third kappa shape index (κ3) is 5.51. The van der Waals surface area contributed by atoms with Crippen molar-refractivity contribution < 1.29 is 29.4 Å². The van der Waals surface area contributed by atoms with Crippen LogP contribution < -0.4 is 11.1 Å². The van der Waals surface area contributed by atoms with E-state index < -0.39 is 34.6 Å². The van der Waals surface area contributed by atoms with E-state index in [0.717, 1.165) is 11.3 Å². The number of β-lactam (4-membered cyclic amide) rings is 1. The number of halogens is 1. The zero-order valence-corrected chi connectivity index (χ0v) is 21.9. The van der Waals surface area contributed by atoms with Gasteiger partial charge in [0, 0.05) is 30.5 Å². The Balaban J connectivity index is 0.00000361. The number of aromatic nitrogens is 5. The molecule has 0 saturated carbocycles. The molecule has 2 aromatic rings. The van der Waals surface area contributed by atoms with Crippen LogP contribution in [0.1, 0.15) is 5.69 Å². The Morgan fingerprint density at radius 3 is 2.86 bits per heavy atom. The number of aliphatic hydroxyl groups excluding tert-OH is 1. The lowest BCUT2D eigenvalue weighted by atomic mass is 9.89. The van der Waals surface area contributed by atoms with Crippen LogP contribution in [0.3, 0.4) is 0 Å². The van der Waals surface area contributed by atoms with E-state index in [0.29, 0.717) is 5.16 Å². The van der Waals surface area contributed by atoms with Crippen molar-refractivity contribution in [3.63, 3.8) is 0 Å². The lowest BCUT2D eigenvalue weighted by Gasteiger charge is -2.53. The van der Waals surface area contributed by atoms with Crippen molar-refractivity contribution in [3.05, 3.63) is 11.1 Å². The SMILES string of the molecule is Cl.Cn1nnnc1SCC1(C(=O)O)CS[C@@H]2C(NC(=O)C(=NOCCO)c3csc(N)n3)C(=O)N2C1. The number of hydrogen-bond donors (Lipinski definition) is 4. The molecule has 2 saturated heterocycles. The summed E-state index contributed by atoms with van der Waals surface area (Å²) in [5.74, 6) is -1.73. The van der Waals surface area contributed by atoms with Crippen molar-refractivity contribution in [2.24, 2.45) is 17.6 Å². The molecule has 0 aromatic carbocycles. The number of tetrazole rings is 1. The predicted molar refractivity (Wildman–Crippen MR) is 133 cm³/mol. The van der Waals surface area contributed by atoms with Gasteiger partial charge in [0.15, 0.2) is 10.8 Å². The zero-order valence-electron chi connectivity index (χ0n) is 18.6. The molecule has 5 N–H and O–H groups in total. The summed E-state index contributed by atoms with van der Waals surface area (Å²) in [6.45, 7) is -0.444. The Kier molecular flexibility index (Phi) is 8.98. The molecule has 2 unspecified atom stereocenters. The van der Waals surface area contributed by atoms with Crippen LogP contribution in [-0.2, 0) is 26.3 Å². The summed E-state index contributed by atoms with van der Waals surface area (Å²) in [4.78, 5) is 48.4. The van der Waals surface area contributed by atoms with Crippen LogP contribution in [0, 0.1) is 5.41 Å². The number of nitrogen functional groups attached to an aromatic ring is 1. The number of carbonyl (C=O) groups excluding carboxylic acids is 2. The normalized spacial score (nSPS) is 23.3. The fourth-order valence-electron chi connectivity index (χ4n) is 3.41. The molecule has 2 fully saturated rings. The van der Waals surface area contributed by atoms with E-state index in [-0.39, 0.29) is 60.2 Å². The Bertz CT molecular complexity index is 1160. The fourth-order valence-corrected chi connectivity index (χ4v) is 6.67. The number of fused-ring (bicyclic) bond motifs is 1. The standard InChI is InChI=1S/C17H21N9O6S3.ClH/c1-25-16(21-23-24-25)35-7-17(14(30)31)5-26-12(29)10(13(26)34-6-17)20-11(28)9(22-32-3-2-27)8-4-33-15(18)19-8;/h4,10,13,27H,2-3,5-7H2,1H3,(H2,18,19)(H,20,28)(H,30,31);1H/t10?,13-,17?;/m1./s1. The Hall–Kier alpha value is -2.67. The maximum atomic E-state index is 12.9. The Morgan fingerprint density at radius 1 is 1.47 bits per heavy atom. The summed E-state index contributed by atoms with van der Waals surface area (Å²) in [6, 6.07) is -0.867. The van der Waals surface area contributed by atoms with Gasteiger partial charge in [-0.05, 0) is 10.4 Å². The number of nitrogens with two attached hydrogens (primary N) is 1. The lowest BCUT2D eigenvalue weighted by Crippen LogP contribution is -2.74. The number of carboxylic acid groups (broad SMARTS) is 1. The van der Waals surface area contributed by atoms with Gasteiger partial charge in [-0.25, -0.2) is 9.67 Å². The summed E-state index contributed by atoms with van der Waals surface area (Å²) >= 11 is 3.58. The summed E-state index contributed by atoms with van der Waals surface area (Å²) in [6.07, 6.45) is 0. The highest BCUT2D eigenvalue weighted by Gasteiger charge is 2.57. The predicted octanol–water partition coefficient (Wildman–Crippen LogP) is -1.35. The molecule has 36 heavy (non-hydrogen) atoms. The average molecular weight is 580 g/mol. The number of carboxylic acids is 1. The third-order valence-electron chi connectivity index (χ3n) is 5.26. The molecule has 2 aliphatic rings. The van der Waals surface area contributed by atoms with E-state index in [9.17, 15) is 19.5 Å². The summed E-state index contributed by atoms with van der Waals surface area (Å²) in [7, 11) is 1.65. The second-order valence-corrected chi connectivity index (χ2v) is 10.6. The van der Waals surface area contributed by atoms with Gasteiger partial charge >= 0.3 is 5.97 Å². The van der Waals surface area contributed by atoms with Crippen LogP contribution in [-0.4, -0.2) is 106 Å². The van der Waals surface area contributed by atoms with Gasteiger partial charge in [0.1, 0.15) is 29.1 Å². The number of anilines is 1. The molecule has 0 aliphatic carbocycles. The number of amides is 2. The highest BCUT2D eigenvalue weighted by Crippen LogP contribution is 2.44. The first-order chi connectivity index (χ1) is 16.8. The van der Waals surface area contributed by atoms with Gasteiger partial charge in [-0.2, -0.15) is 0 Å². The number of carbonyl (C=O) groups is 3. The molecule has 3 atom stereocenters. The number of rotatable bonds is 10. The second kappa shape index (κ2) is 11.6. The number of thioether (sulfide) groups is 2. The molecule has 4 heterocycles. The van der Waals surface area contributed by atoms with Gasteiger partial charge in [-0.1, -0.05) is 16.9 Å². The first-order valence-electron chi connectivity index (χ1n) is 10.1. The van der Waals surface area contributed by atoms with Crippen LogP contribution in [0.15, 0.2) is 15.7 Å². The highest BCUT2D eigenvalue weighted by atomic mass is 35.5. The number of aliphatic hydroxyl groups is 1. The second-order valence-electron chi connectivity index (χ2n) is 7.65. The van der Waals surface area contributed by atoms with Gasteiger partial charge < -0.3 is 31.0 Å². The highest BCUT2D eigenvalue weighted by molar-refractivity contribution is 8.00. The number of aryl methyl sites for hydroxylation is 1. The van der Waals surface area contributed by atoms with E-state index in [1.54, 1.807) is 7.05 Å². The minimum absolute atomic E-state index is 0. The number of hydrogen-bond acceptors (Lipinski definition) is 14. The molecule has 0 spiro atoms. The molecular weight excluding hydrogens is 558 g/mol. The van der Waals surface area contributed by atoms with Crippen molar-refractivity contribution in [1.82, 2.24) is 35.4 Å². The average Bonchev–Trinajstić information content (AvgIpc) is 3.46. The number of oxime groups is 1. The zero-order chi connectivity index (χ0) is 25.2. The largest absolute Gasteiger partial charge is 0.481 e. The number of nitrogens with zero attached hydrogens (tertiary/aromatic N) is 7. The molecule has 0 radical (unpaired) electrons. The molecule has 196 valence electrons. The van der Waals surface area contributed by atoms with Gasteiger partial charge in [-0.3, -0.25) is 14.4 Å². The van der Waals surface area contributed by atoms with Gasteiger partial charge in [0.25, 0.3) is 5.91 Å². The minimum Gasteiger partial charge on any atom is -0.481 e. The number of thiazole rings is 1. The van der Waals surface area contributed by atoms with E-state index in [1.165, 1.54) is 38.5 Å². The van der Waals surface area contributed by atoms with Gasteiger partial charge in [0.05, 0.1) is 6.61 Å². The number of aliphatic carboxylic acids is 1.